The summed E-state index contributed by atoms with van der Waals surface area (Å²) >= 11 is 0. The molecule has 4 heteroatoms. The Hall–Kier alpha value is -1.71. The van der Waals surface area contributed by atoms with Crippen molar-refractivity contribution in [1.29, 1.82) is 0 Å². The Balaban J connectivity index is 1.83. The highest BCUT2D eigenvalue weighted by Gasteiger charge is 2.04. The molecule has 2 rings (SSSR count). The van der Waals surface area contributed by atoms with Crippen LogP contribution in [-0.4, -0.2) is 32.7 Å². The van der Waals surface area contributed by atoms with Crippen molar-refractivity contribution in [2.24, 2.45) is 4.99 Å². The number of nitrogens with zero attached hydrogens (tertiary/aromatic N) is 1. The molecule has 0 amide bonds. The van der Waals surface area contributed by atoms with Gasteiger partial charge >= 0.3 is 0 Å². The fourth-order valence-corrected chi connectivity index (χ4v) is 1.88. The van der Waals surface area contributed by atoms with Gasteiger partial charge in [-0.05, 0) is 24.5 Å². The van der Waals surface area contributed by atoms with E-state index in [0.717, 1.165) is 44.2 Å². The van der Waals surface area contributed by atoms with E-state index in [1.54, 1.807) is 7.11 Å². The van der Waals surface area contributed by atoms with Gasteiger partial charge in [0.15, 0.2) is 5.96 Å². The number of rotatable bonds is 4. The number of methoxy groups -OCH3 is 1. The third-order valence-corrected chi connectivity index (χ3v) is 2.78. The predicted octanol–water partition coefficient (Wildman–Crippen LogP) is 1.18. The number of ether oxygens (including phenoxy) is 1. The molecule has 0 radical (unpaired) electrons. The van der Waals surface area contributed by atoms with Crippen molar-refractivity contribution in [2.75, 3.05) is 26.7 Å². The van der Waals surface area contributed by atoms with Crippen molar-refractivity contribution in [3.05, 3.63) is 29.8 Å². The summed E-state index contributed by atoms with van der Waals surface area (Å²) in [6.45, 7) is 2.80. The summed E-state index contributed by atoms with van der Waals surface area (Å²) in [6.07, 6.45) is 2.06. The molecular weight excluding hydrogens is 214 g/mol. The van der Waals surface area contributed by atoms with E-state index in [9.17, 15) is 0 Å². The molecule has 2 N–H and O–H groups in total. The summed E-state index contributed by atoms with van der Waals surface area (Å²) in [5.41, 5.74) is 1.22. The van der Waals surface area contributed by atoms with Crippen molar-refractivity contribution >= 4 is 5.96 Å². The smallest absolute Gasteiger partial charge is 0.191 e. The van der Waals surface area contributed by atoms with Gasteiger partial charge in [0.1, 0.15) is 5.75 Å². The van der Waals surface area contributed by atoms with Gasteiger partial charge in [-0.2, -0.15) is 0 Å². The van der Waals surface area contributed by atoms with Crippen LogP contribution in [0.1, 0.15) is 12.0 Å². The zero-order valence-corrected chi connectivity index (χ0v) is 10.2. The lowest BCUT2D eigenvalue weighted by Gasteiger charge is -2.16. The van der Waals surface area contributed by atoms with Gasteiger partial charge in [-0.1, -0.05) is 18.2 Å². The maximum atomic E-state index is 5.31. The molecule has 92 valence electrons. The summed E-state index contributed by atoms with van der Waals surface area (Å²) in [7, 11) is 1.71. The van der Waals surface area contributed by atoms with E-state index < -0.39 is 0 Å². The van der Waals surface area contributed by atoms with Crippen molar-refractivity contribution < 1.29 is 4.74 Å². The first-order valence-electron chi connectivity index (χ1n) is 6.04. The van der Waals surface area contributed by atoms with Crippen LogP contribution in [-0.2, 0) is 6.42 Å². The number of aliphatic imine (C=N–C) groups is 1. The van der Waals surface area contributed by atoms with Crippen LogP contribution in [0.15, 0.2) is 29.3 Å². The van der Waals surface area contributed by atoms with Crippen LogP contribution in [0.4, 0.5) is 0 Å². The third-order valence-electron chi connectivity index (χ3n) is 2.78. The van der Waals surface area contributed by atoms with Gasteiger partial charge in [0, 0.05) is 19.6 Å². The van der Waals surface area contributed by atoms with E-state index in [1.165, 1.54) is 5.56 Å². The molecule has 1 aliphatic rings. The molecule has 0 aliphatic carbocycles. The Morgan fingerprint density at radius 2 is 2.29 bits per heavy atom. The standard InChI is InChI=1S/C13H19N3O/c1-17-12-6-3-2-5-11(12)7-10-16-13-14-8-4-9-15-13/h2-3,5-6H,4,7-10H2,1H3,(H2,14,15,16). The lowest BCUT2D eigenvalue weighted by molar-refractivity contribution is 0.409. The second kappa shape index (κ2) is 6.13. The van der Waals surface area contributed by atoms with Crippen LogP contribution in [0.2, 0.25) is 0 Å². The minimum Gasteiger partial charge on any atom is -0.496 e. The molecule has 17 heavy (non-hydrogen) atoms. The molecular formula is C13H19N3O. The maximum Gasteiger partial charge on any atom is 0.191 e. The largest absolute Gasteiger partial charge is 0.496 e. The summed E-state index contributed by atoms with van der Waals surface area (Å²) < 4.78 is 5.31. The zero-order valence-electron chi connectivity index (χ0n) is 10.2. The van der Waals surface area contributed by atoms with Crippen molar-refractivity contribution in [3.63, 3.8) is 0 Å². The number of benzene rings is 1. The molecule has 0 saturated carbocycles. The average molecular weight is 233 g/mol. The highest BCUT2D eigenvalue weighted by Crippen LogP contribution is 2.17. The van der Waals surface area contributed by atoms with Gasteiger partial charge < -0.3 is 15.4 Å². The van der Waals surface area contributed by atoms with Crippen LogP contribution in [0.3, 0.4) is 0 Å². The maximum absolute atomic E-state index is 5.31. The molecule has 1 aromatic carbocycles. The number of guanidine groups is 1. The average Bonchev–Trinajstić information content (AvgIpc) is 2.40. The number of para-hydroxylation sites is 1. The molecule has 0 fully saturated rings. The lowest BCUT2D eigenvalue weighted by atomic mass is 10.1. The Kier molecular flexibility index (Phi) is 4.24. The molecule has 1 heterocycles. The molecule has 0 atom stereocenters. The second-order valence-corrected chi connectivity index (χ2v) is 4.00. The Morgan fingerprint density at radius 3 is 3.06 bits per heavy atom. The predicted molar refractivity (Wildman–Crippen MR) is 69.6 cm³/mol. The molecule has 0 spiro atoms. The van der Waals surface area contributed by atoms with Gasteiger partial charge in [0.25, 0.3) is 0 Å². The van der Waals surface area contributed by atoms with E-state index >= 15 is 0 Å². The second-order valence-electron chi connectivity index (χ2n) is 4.00. The Bertz CT molecular complexity index is 390. The summed E-state index contributed by atoms with van der Waals surface area (Å²) in [4.78, 5) is 4.37. The van der Waals surface area contributed by atoms with Crippen LogP contribution in [0.5, 0.6) is 5.75 Å². The minimum atomic E-state index is 0.867. The zero-order chi connectivity index (χ0) is 11.9. The van der Waals surface area contributed by atoms with Gasteiger partial charge in [-0.25, -0.2) is 0 Å². The van der Waals surface area contributed by atoms with Crippen molar-refractivity contribution in [1.82, 2.24) is 10.6 Å². The highest BCUT2D eigenvalue weighted by molar-refractivity contribution is 5.80. The number of hydrogen-bond donors (Lipinski definition) is 2. The molecule has 0 bridgehead atoms. The topological polar surface area (TPSA) is 45.6 Å². The van der Waals surface area contributed by atoms with E-state index in [-0.39, 0.29) is 0 Å². The molecule has 0 aromatic heterocycles. The van der Waals surface area contributed by atoms with Gasteiger partial charge in [0.05, 0.1) is 7.11 Å². The molecule has 1 aromatic rings. The molecule has 4 nitrogen and oxygen atoms in total. The van der Waals surface area contributed by atoms with Crippen LogP contribution >= 0.6 is 0 Å². The molecule has 0 unspecified atom stereocenters. The normalized spacial score (nSPS) is 14.8. The monoisotopic (exact) mass is 233 g/mol. The summed E-state index contributed by atoms with van der Waals surface area (Å²) in [6, 6.07) is 8.11. The van der Waals surface area contributed by atoms with Gasteiger partial charge in [-0.3, -0.25) is 4.99 Å². The quantitative estimate of drug-likeness (QED) is 0.821. The van der Waals surface area contributed by atoms with E-state index in [4.69, 9.17) is 4.74 Å². The van der Waals surface area contributed by atoms with E-state index in [1.807, 2.05) is 18.2 Å². The van der Waals surface area contributed by atoms with E-state index in [0.29, 0.717) is 0 Å². The minimum absolute atomic E-state index is 0.867. The third kappa shape index (κ3) is 3.37. The lowest BCUT2D eigenvalue weighted by Crippen LogP contribution is -2.41. The van der Waals surface area contributed by atoms with Gasteiger partial charge in [0.2, 0.25) is 0 Å². The molecule has 1 aliphatic heterocycles. The summed E-state index contributed by atoms with van der Waals surface area (Å²) in [5.74, 6) is 1.87. The van der Waals surface area contributed by atoms with Crippen LogP contribution in [0.25, 0.3) is 0 Å². The first-order valence-corrected chi connectivity index (χ1v) is 6.04. The molecule has 0 saturated heterocycles. The first kappa shape index (κ1) is 11.8. The number of nitrogens with one attached hydrogen (secondary N) is 2. The van der Waals surface area contributed by atoms with Crippen LogP contribution < -0.4 is 15.4 Å². The van der Waals surface area contributed by atoms with Crippen molar-refractivity contribution in [3.8, 4) is 5.75 Å². The Morgan fingerprint density at radius 1 is 1.41 bits per heavy atom. The Labute approximate surface area is 102 Å². The van der Waals surface area contributed by atoms with Crippen molar-refractivity contribution in [2.45, 2.75) is 12.8 Å². The highest BCUT2D eigenvalue weighted by atomic mass is 16.5. The van der Waals surface area contributed by atoms with Crippen LogP contribution in [0, 0.1) is 0 Å². The fraction of sp³-hybridized carbons (Fsp3) is 0.462. The number of hydrogen-bond acceptors (Lipinski definition) is 4. The van der Waals surface area contributed by atoms with Gasteiger partial charge in [-0.15, -0.1) is 0 Å². The summed E-state index contributed by atoms with van der Waals surface area (Å²) in [5, 5.41) is 6.55. The SMILES string of the molecule is COc1ccccc1CCNC1=NCCCN1. The van der Waals surface area contributed by atoms with E-state index in [2.05, 4.69) is 21.7 Å². The first-order chi connectivity index (χ1) is 8.40. The fourth-order valence-electron chi connectivity index (χ4n) is 1.88.